The van der Waals surface area contributed by atoms with Gasteiger partial charge in [-0.05, 0) is 53.9 Å². The number of rotatable bonds is 9. The van der Waals surface area contributed by atoms with Crippen molar-refractivity contribution >= 4 is 16.9 Å². The zero-order chi connectivity index (χ0) is 24.1. The van der Waals surface area contributed by atoms with Crippen LogP contribution in [-0.2, 0) is 29.1 Å². The standard InChI is InChI=1S/C29H31NO4/c1-4-32-28(31)16-23-9-5-6-11-26(23)33-18-21-13-24-15-27(19(2)3)34-29(24)25(14-21)22-10-7-8-20(12-22)17-30/h5-15,19H,4,16-18,30H2,1-3H3. The maximum atomic E-state index is 12.0. The number of esters is 1. The summed E-state index contributed by atoms with van der Waals surface area (Å²) in [4.78, 5) is 12.0. The molecule has 0 aliphatic rings. The Hall–Kier alpha value is -3.57. The highest BCUT2D eigenvalue weighted by molar-refractivity contribution is 5.93. The van der Waals surface area contributed by atoms with Crippen molar-refractivity contribution in [2.45, 2.75) is 46.3 Å². The van der Waals surface area contributed by atoms with Gasteiger partial charge >= 0.3 is 5.97 Å². The van der Waals surface area contributed by atoms with Crippen molar-refractivity contribution in [3.63, 3.8) is 0 Å². The Kier molecular flexibility index (Phi) is 7.33. The van der Waals surface area contributed by atoms with E-state index < -0.39 is 0 Å². The summed E-state index contributed by atoms with van der Waals surface area (Å²) in [6.45, 7) is 7.25. The highest BCUT2D eigenvalue weighted by Crippen LogP contribution is 2.35. The Balaban J connectivity index is 1.68. The van der Waals surface area contributed by atoms with Crippen molar-refractivity contribution in [2.75, 3.05) is 6.61 Å². The molecule has 1 aromatic heterocycles. The molecule has 34 heavy (non-hydrogen) atoms. The minimum Gasteiger partial charge on any atom is -0.489 e. The van der Waals surface area contributed by atoms with E-state index >= 15 is 0 Å². The molecule has 0 saturated carbocycles. The third-order valence-corrected chi connectivity index (χ3v) is 5.74. The van der Waals surface area contributed by atoms with Crippen LogP contribution in [0.2, 0.25) is 0 Å². The lowest BCUT2D eigenvalue weighted by Gasteiger charge is -2.13. The smallest absolute Gasteiger partial charge is 0.310 e. The molecule has 0 saturated heterocycles. The summed E-state index contributed by atoms with van der Waals surface area (Å²) in [5.74, 6) is 1.65. The second-order valence-corrected chi connectivity index (χ2v) is 8.65. The van der Waals surface area contributed by atoms with Crippen LogP contribution >= 0.6 is 0 Å². The van der Waals surface area contributed by atoms with Crippen LogP contribution in [-0.4, -0.2) is 12.6 Å². The zero-order valence-corrected chi connectivity index (χ0v) is 20.0. The van der Waals surface area contributed by atoms with Gasteiger partial charge in [0.05, 0.1) is 13.0 Å². The van der Waals surface area contributed by atoms with Crippen LogP contribution in [0.5, 0.6) is 5.75 Å². The van der Waals surface area contributed by atoms with Gasteiger partial charge in [-0.3, -0.25) is 4.79 Å². The topological polar surface area (TPSA) is 74.7 Å². The van der Waals surface area contributed by atoms with Crippen molar-refractivity contribution in [2.24, 2.45) is 5.73 Å². The van der Waals surface area contributed by atoms with E-state index in [0.717, 1.165) is 44.5 Å². The van der Waals surface area contributed by atoms with Gasteiger partial charge in [-0.2, -0.15) is 0 Å². The lowest BCUT2D eigenvalue weighted by molar-refractivity contribution is -0.142. The lowest BCUT2D eigenvalue weighted by atomic mass is 9.98. The third-order valence-electron chi connectivity index (χ3n) is 5.74. The number of carbonyl (C=O) groups excluding carboxylic acids is 1. The molecule has 0 aliphatic carbocycles. The molecule has 0 amide bonds. The second-order valence-electron chi connectivity index (χ2n) is 8.65. The Bertz CT molecular complexity index is 1290. The summed E-state index contributed by atoms with van der Waals surface area (Å²) in [5.41, 5.74) is 11.7. The highest BCUT2D eigenvalue weighted by Gasteiger charge is 2.15. The minimum absolute atomic E-state index is 0.180. The summed E-state index contributed by atoms with van der Waals surface area (Å²) in [5, 5.41) is 1.04. The number of hydrogen-bond donors (Lipinski definition) is 1. The summed E-state index contributed by atoms with van der Waals surface area (Å²) >= 11 is 0. The first-order valence-corrected chi connectivity index (χ1v) is 11.7. The number of nitrogens with two attached hydrogens (primary N) is 1. The molecule has 0 fully saturated rings. The molecule has 0 aliphatic heterocycles. The molecule has 5 nitrogen and oxygen atoms in total. The summed E-state index contributed by atoms with van der Waals surface area (Å²) in [6, 6.07) is 22.1. The molecular weight excluding hydrogens is 426 g/mol. The average molecular weight is 458 g/mol. The molecule has 1 heterocycles. The van der Waals surface area contributed by atoms with Gasteiger partial charge < -0.3 is 19.6 Å². The Labute approximate surface area is 200 Å². The van der Waals surface area contributed by atoms with Crippen LogP contribution in [0.3, 0.4) is 0 Å². The van der Waals surface area contributed by atoms with Gasteiger partial charge in [-0.1, -0.05) is 50.2 Å². The quantitative estimate of drug-likeness (QED) is 0.296. The van der Waals surface area contributed by atoms with Crippen molar-refractivity contribution < 1.29 is 18.7 Å². The molecule has 176 valence electrons. The molecule has 2 N–H and O–H groups in total. The molecule has 0 atom stereocenters. The van der Waals surface area contributed by atoms with E-state index in [9.17, 15) is 4.79 Å². The third kappa shape index (κ3) is 5.32. The van der Waals surface area contributed by atoms with Crippen LogP contribution in [0.15, 0.2) is 71.1 Å². The number of hydrogen-bond acceptors (Lipinski definition) is 5. The maximum Gasteiger partial charge on any atom is 0.310 e. The molecule has 0 spiro atoms. The van der Waals surface area contributed by atoms with Crippen LogP contribution in [0.1, 0.15) is 49.1 Å². The summed E-state index contributed by atoms with van der Waals surface area (Å²) < 4.78 is 17.6. The largest absolute Gasteiger partial charge is 0.489 e. The van der Waals surface area contributed by atoms with Crippen molar-refractivity contribution in [3.8, 4) is 16.9 Å². The van der Waals surface area contributed by atoms with E-state index in [1.165, 1.54) is 0 Å². The SMILES string of the molecule is CCOC(=O)Cc1ccccc1OCc1cc(-c2cccc(CN)c2)c2oc(C(C)C)cc2c1. The first-order valence-electron chi connectivity index (χ1n) is 11.7. The number of para-hydroxylation sites is 1. The fourth-order valence-corrected chi connectivity index (χ4v) is 4.00. The average Bonchev–Trinajstić information content (AvgIpc) is 3.28. The van der Waals surface area contributed by atoms with Gasteiger partial charge in [0, 0.05) is 29.0 Å². The van der Waals surface area contributed by atoms with E-state index in [1.54, 1.807) is 6.92 Å². The summed E-state index contributed by atoms with van der Waals surface area (Å²) in [7, 11) is 0. The van der Waals surface area contributed by atoms with Crippen molar-refractivity contribution in [3.05, 3.63) is 89.2 Å². The molecule has 4 aromatic rings. The fraction of sp³-hybridized carbons (Fsp3) is 0.276. The van der Waals surface area contributed by atoms with Crippen LogP contribution in [0.4, 0.5) is 0 Å². The Morgan fingerprint density at radius 1 is 1.00 bits per heavy atom. The number of furan rings is 1. The monoisotopic (exact) mass is 457 g/mol. The predicted octanol–water partition coefficient (Wildman–Crippen LogP) is 6.37. The van der Waals surface area contributed by atoms with Gasteiger partial charge in [0.1, 0.15) is 23.7 Å². The van der Waals surface area contributed by atoms with E-state index in [0.29, 0.717) is 25.5 Å². The number of carbonyl (C=O) groups is 1. The van der Waals surface area contributed by atoms with Gasteiger partial charge in [0.25, 0.3) is 0 Å². The molecule has 0 radical (unpaired) electrons. The lowest BCUT2D eigenvalue weighted by Crippen LogP contribution is -2.09. The highest BCUT2D eigenvalue weighted by atomic mass is 16.5. The van der Waals surface area contributed by atoms with Gasteiger partial charge in [0.15, 0.2) is 0 Å². The second kappa shape index (κ2) is 10.6. The van der Waals surface area contributed by atoms with Gasteiger partial charge in [0.2, 0.25) is 0 Å². The number of benzene rings is 3. The van der Waals surface area contributed by atoms with Gasteiger partial charge in [-0.15, -0.1) is 0 Å². The Morgan fingerprint density at radius 2 is 1.82 bits per heavy atom. The number of fused-ring (bicyclic) bond motifs is 1. The molecule has 4 rings (SSSR count). The van der Waals surface area contributed by atoms with E-state index in [-0.39, 0.29) is 18.3 Å². The van der Waals surface area contributed by atoms with Crippen molar-refractivity contribution in [1.82, 2.24) is 0 Å². The molecule has 3 aromatic carbocycles. The normalized spacial score (nSPS) is 11.2. The molecular formula is C29H31NO4. The van der Waals surface area contributed by atoms with Crippen LogP contribution < -0.4 is 10.5 Å². The first-order chi connectivity index (χ1) is 16.5. The van der Waals surface area contributed by atoms with Crippen molar-refractivity contribution in [1.29, 1.82) is 0 Å². The zero-order valence-electron chi connectivity index (χ0n) is 20.0. The van der Waals surface area contributed by atoms with E-state index in [4.69, 9.17) is 19.6 Å². The molecule has 5 heteroatoms. The predicted molar refractivity (Wildman–Crippen MR) is 135 cm³/mol. The van der Waals surface area contributed by atoms with Crippen LogP contribution in [0.25, 0.3) is 22.1 Å². The fourth-order valence-electron chi connectivity index (χ4n) is 4.00. The van der Waals surface area contributed by atoms with E-state index in [2.05, 4.69) is 44.2 Å². The summed E-state index contributed by atoms with van der Waals surface area (Å²) in [6.07, 6.45) is 0.180. The van der Waals surface area contributed by atoms with Crippen LogP contribution in [0, 0.1) is 0 Å². The molecule has 0 bridgehead atoms. The Morgan fingerprint density at radius 3 is 2.59 bits per heavy atom. The number of ether oxygens (including phenoxy) is 2. The first kappa shape index (κ1) is 23.6. The minimum atomic E-state index is -0.262. The maximum absolute atomic E-state index is 12.0. The van der Waals surface area contributed by atoms with E-state index in [1.807, 2.05) is 36.4 Å². The molecule has 0 unspecified atom stereocenters. The van der Waals surface area contributed by atoms with Gasteiger partial charge in [-0.25, -0.2) is 0 Å².